The van der Waals surface area contributed by atoms with E-state index in [1.165, 1.54) is 12.1 Å². The number of alkyl halides is 3. The second kappa shape index (κ2) is 6.13. The number of urea groups is 1. The largest absolute Gasteiger partial charge is 0.416 e. The van der Waals surface area contributed by atoms with Crippen LogP contribution >= 0.6 is 0 Å². The smallest absolute Gasteiger partial charge is 0.333 e. The number of carbonyl (C=O) groups excluding carboxylic acids is 1. The fourth-order valence-electron chi connectivity index (χ4n) is 1.64. The Balaban J connectivity index is 2.63. The molecule has 112 valence electrons. The standard InChI is InChI=1S/C13H18F3N3O/c1-12(2,7-8-17)19-11(20)18-10-5-3-9(4-6-10)13(14,15)16/h3-6H,7-8,17H2,1-2H3,(H2,18,19,20). The normalized spacial score (nSPS) is 12.1. The Bertz CT molecular complexity index is 455. The van der Waals surface area contributed by atoms with Gasteiger partial charge in [0.05, 0.1) is 5.56 Å². The average Bonchev–Trinajstić information content (AvgIpc) is 2.27. The molecule has 0 spiro atoms. The first-order valence-electron chi connectivity index (χ1n) is 6.10. The van der Waals surface area contributed by atoms with Gasteiger partial charge in [0.1, 0.15) is 0 Å². The van der Waals surface area contributed by atoms with Gasteiger partial charge in [0.25, 0.3) is 0 Å². The summed E-state index contributed by atoms with van der Waals surface area (Å²) < 4.78 is 37.1. The topological polar surface area (TPSA) is 67.1 Å². The number of hydrogen-bond acceptors (Lipinski definition) is 2. The van der Waals surface area contributed by atoms with Crippen molar-refractivity contribution in [3.05, 3.63) is 29.8 Å². The molecular weight excluding hydrogens is 271 g/mol. The lowest BCUT2D eigenvalue weighted by atomic mass is 10.0. The monoisotopic (exact) mass is 289 g/mol. The van der Waals surface area contributed by atoms with Crippen LogP contribution in [0, 0.1) is 0 Å². The Hall–Kier alpha value is -1.76. The third-order valence-electron chi connectivity index (χ3n) is 2.69. The molecule has 20 heavy (non-hydrogen) atoms. The molecule has 0 fully saturated rings. The molecule has 0 unspecified atom stereocenters. The predicted molar refractivity (Wildman–Crippen MR) is 71.3 cm³/mol. The molecule has 4 N–H and O–H groups in total. The van der Waals surface area contributed by atoms with Crippen molar-refractivity contribution in [2.45, 2.75) is 32.0 Å². The van der Waals surface area contributed by atoms with Crippen LogP contribution in [-0.2, 0) is 6.18 Å². The quantitative estimate of drug-likeness (QED) is 0.797. The molecule has 0 saturated carbocycles. The summed E-state index contributed by atoms with van der Waals surface area (Å²) in [4.78, 5) is 11.7. The minimum atomic E-state index is -4.39. The molecule has 0 aromatic heterocycles. The Morgan fingerprint density at radius 2 is 1.75 bits per heavy atom. The molecule has 0 bridgehead atoms. The van der Waals surface area contributed by atoms with Crippen LogP contribution in [0.3, 0.4) is 0 Å². The number of anilines is 1. The number of nitrogens with two attached hydrogens (primary N) is 1. The molecule has 0 aliphatic rings. The van der Waals surface area contributed by atoms with Gasteiger partial charge in [-0.3, -0.25) is 0 Å². The van der Waals surface area contributed by atoms with Gasteiger partial charge in [-0.1, -0.05) is 0 Å². The Morgan fingerprint density at radius 1 is 1.20 bits per heavy atom. The van der Waals surface area contributed by atoms with Crippen LogP contribution in [0.15, 0.2) is 24.3 Å². The fourth-order valence-corrected chi connectivity index (χ4v) is 1.64. The van der Waals surface area contributed by atoms with Crippen molar-refractivity contribution >= 4 is 11.7 Å². The van der Waals surface area contributed by atoms with Crippen LogP contribution < -0.4 is 16.4 Å². The SMILES string of the molecule is CC(C)(CCN)NC(=O)Nc1ccc(C(F)(F)F)cc1. The van der Waals surface area contributed by atoms with Crippen LogP contribution in [-0.4, -0.2) is 18.1 Å². The lowest BCUT2D eigenvalue weighted by Gasteiger charge is -2.25. The highest BCUT2D eigenvalue weighted by atomic mass is 19.4. The zero-order valence-electron chi connectivity index (χ0n) is 11.3. The van der Waals surface area contributed by atoms with Crippen molar-refractivity contribution in [2.24, 2.45) is 5.73 Å². The molecule has 0 saturated heterocycles. The van der Waals surface area contributed by atoms with Crippen molar-refractivity contribution in [3.63, 3.8) is 0 Å². The first-order valence-corrected chi connectivity index (χ1v) is 6.10. The summed E-state index contributed by atoms with van der Waals surface area (Å²) in [7, 11) is 0. The van der Waals surface area contributed by atoms with E-state index < -0.39 is 23.3 Å². The first-order chi connectivity index (χ1) is 9.14. The summed E-state index contributed by atoms with van der Waals surface area (Å²) in [6.45, 7) is 4.05. The molecule has 0 aliphatic heterocycles. The van der Waals surface area contributed by atoms with Gasteiger partial charge in [0.2, 0.25) is 0 Å². The van der Waals surface area contributed by atoms with Gasteiger partial charge in [0, 0.05) is 11.2 Å². The van der Waals surface area contributed by atoms with E-state index in [0.717, 1.165) is 12.1 Å². The van der Waals surface area contributed by atoms with Gasteiger partial charge in [-0.05, 0) is 51.1 Å². The van der Waals surface area contributed by atoms with Crippen molar-refractivity contribution in [1.29, 1.82) is 0 Å². The third kappa shape index (κ3) is 5.08. The van der Waals surface area contributed by atoms with E-state index in [1.54, 1.807) is 0 Å². The van der Waals surface area contributed by atoms with Crippen LogP contribution in [0.25, 0.3) is 0 Å². The number of benzene rings is 1. The lowest BCUT2D eigenvalue weighted by molar-refractivity contribution is -0.137. The van der Waals surface area contributed by atoms with Gasteiger partial charge >= 0.3 is 12.2 Å². The van der Waals surface area contributed by atoms with Crippen LogP contribution in [0.2, 0.25) is 0 Å². The summed E-state index contributed by atoms with van der Waals surface area (Å²) in [5.41, 5.74) is 4.47. The summed E-state index contributed by atoms with van der Waals surface area (Å²) in [5, 5.41) is 5.18. The molecule has 4 nitrogen and oxygen atoms in total. The van der Waals surface area contributed by atoms with E-state index in [1.807, 2.05) is 13.8 Å². The highest BCUT2D eigenvalue weighted by Crippen LogP contribution is 2.29. The molecule has 0 atom stereocenters. The van der Waals surface area contributed by atoms with Crippen molar-refractivity contribution in [3.8, 4) is 0 Å². The molecule has 1 rings (SSSR count). The number of rotatable bonds is 4. The molecule has 0 aliphatic carbocycles. The lowest BCUT2D eigenvalue weighted by Crippen LogP contribution is -2.46. The number of hydrogen-bond donors (Lipinski definition) is 3. The van der Waals surface area contributed by atoms with E-state index >= 15 is 0 Å². The highest BCUT2D eigenvalue weighted by Gasteiger charge is 2.30. The van der Waals surface area contributed by atoms with Crippen LogP contribution in [0.1, 0.15) is 25.8 Å². The molecule has 0 radical (unpaired) electrons. The zero-order valence-corrected chi connectivity index (χ0v) is 11.3. The highest BCUT2D eigenvalue weighted by molar-refractivity contribution is 5.89. The van der Waals surface area contributed by atoms with E-state index in [2.05, 4.69) is 10.6 Å². The molecule has 2 amide bonds. The molecule has 1 aromatic rings. The number of nitrogens with one attached hydrogen (secondary N) is 2. The van der Waals surface area contributed by atoms with Gasteiger partial charge in [0.15, 0.2) is 0 Å². The summed E-state index contributed by atoms with van der Waals surface area (Å²) in [6, 6.07) is 3.76. The molecular formula is C13H18F3N3O. The van der Waals surface area contributed by atoms with Gasteiger partial charge in [-0.25, -0.2) is 4.79 Å². The number of amides is 2. The predicted octanol–water partition coefficient (Wildman–Crippen LogP) is 2.95. The van der Waals surface area contributed by atoms with E-state index in [4.69, 9.17) is 5.73 Å². The Morgan fingerprint density at radius 3 is 2.20 bits per heavy atom. The summed E-state index contributed by atoms with van der Waals surface area (Å²) >= 11 is 0. The zero-order chi connectivity index (χ0) is 15.4. The number of carbonyl (C=O) groups is 1. The minimum Gasteiger partial charge on any atom is -0.333 e. The van der Waals surface area contributed by atoms with Crippen molar-refractivity contribution < 1.29 is 18.0 Å². The third-order valence-corrected chi connectivity index (χ3v) is 2.69. The Labute approximate surface area is 115 Å². The average molecular weight is 289 g/mol. The van der Waals surface area contributed by atoms with Gasteiger partial charge < -0.3 is 16.4 Å². The van der Waals surface area contributed by atoms with E-state index in [-0.39, 0.29) is 0 Å². The first kappa shape index (κ1) is 16.3. The summed E-state index contributed by atoms with van der Waals surface area (Å²) in [6.07, 6.45) is -3.79. The van der Waals surface area contributed by atoms with Crippen LogP contribution in [0.4, 0.5) is 23.7 Å². The fraction of sp³-hybridized carbons (Fsp3) is 0.462. The number of halogens is 3. The molecule has 7 heteroatoms. The summed E-state index contributed by atoms with van der Waals surface area (Å²) in [5.74, 6) is 0. The second-order valence-electron chi connectivity index (χ2n) is 5.08. The van der Waals surface area contributed by atoms with Gasteiger partial charge in [-0.2, -0.15) is 13.2 Å². The molecule has 1 aromatic carbocycles. The maximum atomic E-state index is 12.4. The Kier molecular flexibility index (Phi) is 4.99. The second-order valence-corrected chi connectivity index (χ2v) is 5.08. The van der Waals surface area contributed by atoms with Crippen molar-refractivity contribution in [2.75, 3.05) is 11.9 Å². The van der Waals surface area contributed by atoms with E-state index in [9.17, 15) is 18.0 Å². The maximum Gasteiger partial charge on any atom is 0.416 e. The van der Waals surface area contributed by atoms with Crippen LogP contribution in [0.5, 0.6) is 0 Å². The maximum absolute atomic E-state index is 12.4. The minimum absolute atomic E-state index is 0.291. The van der Waals surface area contributed by atoms with Crippen molar-refractivity contribution in [1.82, 2.24) is 5.32 Å². The van der Waals surface area contributed by atoms with E-state index in [0.29, 0.717) is 18.7 Å². The molecule has 0 heterocycles. The van der Waals surface area contributed by atoms with Gasteiger partial charge in [-0.15, -0.1) is 0 Å².